The van der Waals surface area contributed by atoms with Gasteiger partial charge in [0.1, 0.15) is 6.04 Å². The highest BCUT2D eigenvalue weighted by Crippen LogP contribution is 2.22. The zero-order chi connectivity index (χ0) is 13.8. The molecule has 8 heteroatoms. The first-order chi connectivity index (χ1) is 9.13. The Labute approximate surface area is 116 Å². The van der Waals surface area contributed by atoms with Crippen LogP contribution in [-0.2, 0) is 4.79 Å². The third kappa shape index (κ3) is 3.31. The molecule has 1 atom stereocenters. The number of carbonyl (C=O) groups is 2. The van der Waals surface area contributed by atoms with E-state index in [9.17, 15) is 9.59 Å². The Morgan fingerprint density at radius 2 is 1.89 bits per heavy atom. The van der Waals surface area contributed by atoms with Crippen LogP contribution in [0.25, 0.3) is 0 Å². The number of aliphatic hydroxyl groups excluding tert-OH is 1. The van der Waals surface area contributed by atoms with Crippen LogP contribution in [0, 0.1) is 0 Å². The molecule has 0 aromatic heterocycles. The number of carboxylic acids is 1. The Morgan fingerprint density at radius 3 is 2.47 bits per heavy atom. The first kappa shape index (κ1) is 14.4. The molecule has 0 aromatic rings. The standard InChI is InChI=1S/C11H19N3O4S/c15-6-5-12-1-3-13(4-2-12)11(18)14-8-19-7-9(14)10(16)17/h9,15H,1-8H2,(H,16,17). The maximum Gasteiger partial charge on any atom is 0.327 e. The molecule has 2 aliphatic heterocycles. The summed E-state index contributed by atoms with van der Waals surface area (Å²) in [5, 5.41) is 17.9. The SMILES string of the molecule is O=C(O)C1CSCN1C(=O)N1CCN(CCO)CC1. The highest BCUT2D eigenvalue weighted by atomic mass is 32.2. The minimum atomic E-state index is -0.933. The number of hydrogen-bond acceptors (Lipinski definition) is 5. The van der Waals surface area contributed by atoms with Gasteiger partial charge >= 0.3 is 12.0 Å². The first-order valence-electron chi connectivity index (χ1n) is 6.33. The van der Waals surface area contributed by atoms with Gasteiger partial charge in [-0.1, -0.05) is 0 Å². The molecule has 108 valence electrons. The van der Waals surface area contributed by atoms with E-state index in [2.05, 4.69) is 4.90 Å². The summed E-state index contributed by atoms with van der Waals surface area (Å²) >= 11 is 1.47. The fourth-order valence-corrected chi connectivity index (χ4v) is 3.46. The van der Waals surface area contributed by atoms with Crippen LogP contribution in [0.3, 0.4) is 0 Å². The van der Waals surface area contributed by atoms with Crippen LogP contribution in [0.1, 0.15) is 0 Å². The van der Waals surface area contributed by atoms with Crippen molar-refractivity contribution in [3.8, 4) is 0 Å². The number of aliphatic carboxylic acids is 1. The third-order valence-electron chi connectivity index (χ3n) is 3.47. The second kappa shape index (κ2) is 6.44. The van der Waals surface area contributed by atoms with Crippen molar-refractivity contribution >= 4 is 23.8 Å². The minimum Gasteiger partial charge on any atom is -0.480 e. The van der Waals surface area contributed by atoms with Gasteiger partial charge in [-0.3, -0.25) is 4.90 Å². The lowest BCUT2D eigenvalue weighted by Gasteiger charge is -2.37. The summed E-state index contributed by atoms with van der Waals surface area (Å²) in [5.74, 6) is -0.0182. The molecule has 2 N–H and O–H groups in total. The number of hydrogen-bond donors (Lipinski definition) is 2. The normalized spacial score (nSPS) is 24.8. The van der Waals surface area contributed by atoms with Crippen molar-refractivity contribution in [1.29, 1.82) is 0 Å². The van der Waals surface area contributed by atoms with Crippen LogP contribution in [0.4, 0.5) is 4.79 Å². The molecule has 0 bridgehead atoms. The fourth-order valence-electron chi connectivity index (χ4n) is 2.32. The number of thioether (sulfide) groups is 1. The lowest BCUT2D eigenvalue weighted by atomic mass is 10.3. The van der Waals surface area contributed by atoms with E-state index >= 15 is 0 Å². The summed E-state index contributed by atoms with van der Waals surface area (Å²) in [6.45, 7) is 3.38. The van der Waals surface area contributed by atoms with Crippen molar-refractivity contribution in [2.24, 2.45) is 0 Å². The maximum absolute atomic E-state index is 12.3. The number of aliphatic hydroxyl groups is 1. The van der Waals surface area contributed by atoms with E-state index in [0.29, 0.717) is 31.3 Å². The summed E-state index contributed by atoms with van der Waals surface area (Å²) in [6.07, 6.45) is 0. The number of β-amino-alcohol motifs (C(OH)–C–C–N with tert-alkyl or cyclic N) is 1. The van der Waals surface area contributed by atoms with Crippen LogP contribution in [0.2, 0.25) is 0 Å². The summed E-state index contributed by atoms with van der Waals surface area (Å²) < 4.78 is 0. The summed E-state index contributed by atoms with van der Waals surface area (Å²) in [5.41, 5.74) is 0. The van der Waals surface area contributed by atoms with Gasteiger partial charge in [0, 0.05) is 38.5 Å². The Morgan fingerprint density at radius 1 is 1.21 bits per heavy atom. The topological polar surface area (TPSA) is 84.3 Å². The smallest absolute Gasteiger partial charge is 0.327 e. The monoisotopic (exact) mass is 289 g/mol. The second-order valence-electron chi connectivity index (χ2n) is 4.66. The molecular formula is C11H19N3O4S. The minimum absolute atomic E-state index is 0.123. The van der Waals surface area contributed by atoms with Gasteiger partial charge in [0.2, 0.25) is 0 Å². The molecule has 0 aromatic carbocycles. The number of urea groups is 1. The molecule has 0 radical (unpaired) electrons. The summed E-state index contributed by atoms with van der Waals surface area (Å²) in [6, 6.07) is -0.881. The molecule has 0 aliphatic carbocycles. The number of amides is 2. The highest BCUT2D eigenvalue weighted by molar-refractivity contribution is 7.99. The number of rotatable bonds is 3. The van der Waals surface area contributed by atoms with Gasteiger partial charge in [0.15, 0.2) is 0 Å². The van der Waals surface area contributed by atoms with E-state index in [0.717, 1.165) is 13.1 Å². The Bertz CT molecular complexity index is 347. The second-order valence-corrected chi connectivity index (χ2v) is 5.66. The van der Waals surface area contributed by atoms with Crippen LogP contribution in [0.5, 0.6) is 0 Å². The van der Waals surface area contributed by atoms with E-state index < -0.39 is 12.0 Å². The largest absolute Gasteiger partial charge is 0.480 e. The van der Waals surface area contributed by atoms with E-state index in [4.69, 9.17) is 10.2 Å². The Hall–Kier alpha value is -0.990. The molecule has 2 saturated heterocycles. The average Bonchev–Trinajstić information content (AvgIpc) is 2.88. The predicted molar refractivity (Wildman–Crippen MR) is 71.1 cm³/mol. The molecule has 7 nitrogen and oxygen atoms in total. The van der Waals surface area contributed by atoms with Crippen LogP contribution in [-0.4, -0.2) is 93.9 Å². The molecule has 2 aliphatic rings. The molecule has 0 saturated carbocycles. The van der Waals surface area contributed by atoms with Crippen molar-refractivity contribution in [1.82, 2.24) is 14.7 Å². The van der Waals surface area contributed by atoms with E-state index in [-0.39, 0.29) is 12.6 Å². The van der Waals surface area contributed by atoms with Gasteiger partial charge in [-0.2, -0.15) is 0 Å². The first-order valence-corrected chi connectivity index (χ1v) is 7.48. The fraction of sp³-hybridized carbons (Fsp3) is 0.818. The van der Waals surface area contributed by atoms with Crippen LogP contribution >= 0.6 is 11.8 Å². The summed E-state index contributed by atoms with van der Waals surface area (Å²) in [4.78, 5) is 28.6. The molecule has 2 rings (SSSR count). The van der Waals surface area contributed by atoms with Gasteiger partial charge in [0.05, 0.1) is 12.5 Å². The van der Waals surface area contributed by atoms with E-state index in [1.807, 2.05) is 0 Å². The number of piperazine rings is 1. The molecule has 2 amide bonds. The maximum atomic E-state index is 12.3. The van der Waals surface area contributed by atoms with E-state index in [1.54, 1.807) is 4.90 Å². The van der Waals surface area contributed by atoms with E-state index in [1.165, 1.54) is 16.7 Å². The molecule has 2 fully saturated rings. The van der Waals surface area contributed by atoms with Gasteiger partial charge in [-0.15, -0.1) is 11.8 Å². The number of carbonyl (C=O) groups excluding carboxylic acids is 1. The highest BCUT2D eigenvalue weighted by Gasteiger charge is 2.37. The van der Waals surface area contributed by atoms with Crippen molar-refractivity contribution in [2.75, 3.05) is 51.0 Å². The van der Waals surface area contributed by atoms with Crippen molar-refractivity contribution in [2.45, 2.75) is 6.04 Å². The molecule has 0 spiro atoms. The molecule has 19 heavy (non-hydrogen) atoms. The average molecular weight is 289 g/mol. The predicted octanol–water partition coefficient (Wildman–Crippen LogP) is -0.824. The van der Waals surface area contributed by atoms with Gasteiger partial charge in [0.25, 0.3) is 0 Å². The number of carboxylic acid groups (broad SMARTS) is 1. The van der Waals surface area contributed by atoms with Gasteiger partial charge < -0.3 is 20.0 Å². The lowest BCUT2D eigenvalue weighted by Crippen LogP contribution is -2.55. The summed E-state index contributed by atoms with van der Waals surface area (Å²) in [7, 11) is 0. The van der Waals surface area contributed by atoms with Crippen molar-refractivity contribution < 1.29 is 19.8 Å². The van der Waals surface area contributed by atoms with Gasteiger partial charge in [-0.05, 0) is 0 Å². The zero-order valence-electron chi connectivity index (χ0n) is 10.7. The Kier molecular flexibility index (Phi) is 4.89. The zero-order valence-corrected chi connectivity index (χ0v) is 11.5. The third-order valence-corrected chi connectivity index (χ3v) is 4.48. The van der Waals surface area contributed by atoms with Crippen molar-refractivity contribution in [3.05, 3.63) is 0 Å². The Balaban J connectivity index is 1.89. The molecular weight excluding hydrogens is 270 g/mol. The molecule has 1 unspecified atom stereocenters. The quantitative estimate of drug-likeness (QED) is 0.706. The molecule has 2 heterocycles. The van der Waals surface area contributed by atoms with Crippen molar-refractivity contribution in [3.63, 3.8) is 0 Å². The van der Waals surface area contributed by atoms with Gasteiger partial charge in [-0.25, -0.2) is 9.59 Å². The van der Waals surface area contributed by atoms with Crippen LogP contribution < -0.4 is 0 Å². The number of nitrogens with zero attached hydrogens (tertiary/aromatic N) is 3. The lowest BCUT2D eigenvalue weighted by molar-refractivity contribution is -0.141. The van der Waals surface area contributed by atoms with Crippen LogP contribution in [0.15, 0.2) is 0 Å².